The van der Waals surface area contributed by atoms with Gasteiger partial charge in [0.05, 0.1) is 4.92 Å². The Hall–Kier alpha value is -2.94. The molecule has 1 aromatic heterocycles. The normalized spacial score (nSPS) is 19.8. The number of anilines is 1. The van der Waals surface area contributed by atoms with Gasteiger partial charge in [0, 0.05) is 63.8 Å². The van der Waals surface area contributed by atoms with Crippen molar-refractivity contribution >= 4 is 17.3 Å². The molecule has 9 heteroatoms. The summed E-state index contributed by atoms with van der Waals surface area (Å²) in [5, 5.41) is 15.0. The summed E-state index contributed by atoms with van der Waals surface area (Å²) in [5.74, 6) is 0.592. The number of nitro groups is 1. The number of carbonyl (C=O) groups excluding carboxylic acids is 1. The minimum absolute atomic E-state index is 0.00331. The van der Waals surface area contributed by atoms with Crippen molar-refractivity contribution < 1.29 is 9.72 Å². The molecule has 1 N–H and O–H groups in total. The summed E-state index contributed by atoms with van der Waals surface area (Å²) in [6.07, 6.45) is 5.62. The molecule has 0 saturated carbocycles. The molecule has 0 spiro atoms. The van der Waals surface area contributed by atoms with Crippen molar-refractivity contribution in [2.24, 2.45) is 7.05 Å². The standard InChI is InChI=1S/C19H24N6O3/c1-22-10-7-21-18(22)17-13-20-6-11-24(17)19(26)14-4-5-15(16(12-14)25(27)28)23-8-2-3-9-23/h4-5,7,10,12,17,20H,2-3,6,8-9,11,13H2,1H3. The van der Waals surface area contributed by atoms with Gasteiger partial charge in [-0.15, -0.1) is 0 Å². The predicted octanol–water partition coefficient (Wildman–Crippen LogP) is 1.72. The van der Waals surface area contributed by atoms with E-state index in [2.05, 4.69) is 10.3 Å². The van der Waals surface area contributed by atoms with Gasteiger partial charge in [-0.25, -0.2) is 4.98 Å². The molecule has 2 aromatic rings. The fourth-order valence-corrected chi connectivity index (χ4v) is 4.07. The molecule has 148 valence electrons. The highest BCUT2D eigenvalue weighted by atomic mass is 16.6. The second-order valence-electron chi connectivity index (χ2n) is 7.27. The van der Waals surface area contributed by atoms with Crippen LogP contribution >= 0.6 is 0 Å². The van der Waals surface area contributed by atoms with Crippen LogP contribution in [0.4, 0.5) is 11.4 Å². The van der Waals surface area contributed by atoms with E-state index in [-0.39, 0.29) is 17.6 Å². The van der Waals surface area contributed by atoms with Gasteiger partial charge in [-0.2, -0.15) is 0 Å². The van der Waals surface area contributed by atoms with Crippen LogP contribution in [0, 0.1) is 10.1 Å². The van der Waals surface area contributed by atoms with Crippen molar-refractivity contribution in [3.05, 3.63) is 52.1 Å². The quantitative estimate of drug-likeness (QED) is 0.637. The number of nitrogens with zero attached hydrogens (tertiary/aromatic N) is 5. The molecule has 1 unspecified atom stereocenters. The van der Waals surface area contributed by atoms with Crippen molar-refractivity contribution in [1.29, 1.82) is 0 Å². The number of aryl methyl sites for hydroxylation is 1. The van der Waals surface area contributed by atoms with Gasteiger partial charge < -0.3 is 19.7 Å². The zero-order chi connectivity index (χ0) is 19.7. The van der Waals surface area contributed by atoms with Gasteiger partial charge in [0.1, 0.15) is 17.6 Å². The first-order valence-corrected chi connectivity index (χ1v) is 9.58. The Morgan fingerprint density at radius 2 is 2.07 bits per heavy atom. The number of amides is 1. The molecule has 1 aromatic carbocycles. The monoisotopic (exact) mass is 384 g/mol. The summed E-state index contributed by atoms with van der Waals surface area (Å²) >= 11 is 0. The van der Waals surface area contributed by atoms with Crippen LogP contribution in [-0.2, 0) is 7.05 Å². The van der Waals surface area contributed by atoms with E-state index >= 15 is 0 Å². The van der Waals surface area contributed by atoms with Crippen molar-refractivity contribution in [2.75, 3.05) is 37.6 Å². The van der Waals surface area contributed by atoms with Crippen molar-refractivity contribution in [3.8, 4) is 0 Å². The summed E-state index contributed by atoms with van der Waals surface area (Å²) in [6.45, 7) is 3.43. The molecule has 4 rings (SSSR count). The maximum atomic E-state index is 13.2. The van der Waals surface area contributed by atoms with Crippen molar-refractivity contribution in [2.45, 2.75) is 18.9 Å². The highest BCUT2D eigenvalue weighted by Crippen LogP contribution is 2.33. The average molecular weight is 384 g/mol. The highest BCUT2D eigenvalue weighted by Gasteiger charge is 2.32. The minimum Gasteiger partial charge on any atom is -0.366 e. The third-order valence-electron chi connectivity index (χ3n) is 5.53. The highest BCUT2D eigenvalue weighted by molar-refractivity contribution is 5.96. The summed E-state index contributed by atoms with van der Waals surface area (Å²) in [6, 6.07) is 4.64. The average Bonchev–Trinajstić information content (AvgIpc) is 3.38. The number of hydrogen-bond acceptors (Lipinski definition) is 6. The zero-order valence-electron chi connectivity index (χ0n) is 15.9. The van der Waals surface area contributed by atoms with Crippen LogP contribution in [0.1, 0.15) is 35.1 Å². The molecule has 2 aliphatic rings. The molecule has 2 saturated heterocycles. The number of piperazine rings is 1. The molecule has 28 heavy (non-hydrogen) atoms. The Labute approximate surface area is 163 Å². The lowest BCUT2D eigenvalue weighted by atomic mass is 10.1. The van der Waals surface area contributed by atoms with Gasteiger partial charge >= 0.3 is 0 Å². The number of imidazole rings is 1. The van der Waals surface area contributed by atoms with Crippen LogP contribution in [0.25, 0.3) is 0 Å². The predicted molar refractivity (Wildman–Crippen MR) is 104 cm³/mol. The van der Waals surface area contributed by atoms with E-state index in [0.29, 0.717) is 30.9 Å². The third kappa shape index (κ3) is 3.33. The summed E-state index contributed by atoms with van der Waals surface area (Å²) in [4.78, 5) is 32.7. The number of hydrogen-bond donors (Lipinski definition) is 1. The largest absolute Gasteiger partial charge is 0.366 e. The Balaban J connectivity index is 1.65. The number of nitrogens with one attached hydrogen (secondary N) is 1. The molecule has 9 nitrogen and oxygen atoms in total. The first kappa shape index (κ1) is 18.4. The third-order valence-corrected chi connectivity index (χ3v) is 5.53. The number of carbonyl (C=O) groups is 1. The van der Waals surface area contributed by atoms with Crippen LogP contribution in [-0.4, -0.2) is 58.0 Å². The second-order valence-corrected chi connectivity index (χ2v) is 7.27. The second kappa shape index (κ2) is 7.59. The Morgan fingerprint density at radius 1 is 1.29 bits per heavy atom. The van der Waals surface area contributed by atoms with E-state index in [1.807, 2.05) is 22.7 Å². The van der Waals surface area contributed by atoms with Crippen LogP contribution in [0.5, 0.6) is 0 Å². The molecular formula is C19H24N6O3. The number of nitro benzene ring substituents is 1. The molecule has 2 fully saturated rings. The number of aromatic nitrogens is 2. The van der Waals surface area contributed by atoms with Crippen LogP contribution < -0.4 is 10.2 Å². The van der Waals surface area contributed by atoms with Crippen LogP contribution in [0.3, 0.4) is 0 Å². The maximum Gasteiger partial charge on any atom is 0.293 e. The molecular weight excluding hydrogens is 360 g/mol. The number of benzene rings is 1. The Morgan fingerprint density at radius 3 is 2.75 bits per heavy atom. The lowest BCUT2D eigenvalue weighted by molar-refractivity contribution is -0.384. The Kier molecular flexibility index (Phi) is 4.99. The Bertz CT molecular complexity index is 890. The van der Waals surface area contributed by atoms with Crippen molar-refractivity contribution in [3.63, 3.8) is 0 Å². The fraction of sp³-hybridized carbons (Fsp3) is 0.474. The van der Waals surface area contributed by atoms with E-state index in [4.69, 9.17) is 0 Å². The SMILES string of the molecule is Cn1ccnc1C1CNCCN1C(=O)c1ccc(N2CCCC2)c([N+](=O)[O-])c1. The van der Waals surface area contributed by atoms with Gasteiger partial charge in [0.15, 0.2) is 0 Å². The minimum atomic E-state index is -0.390. The first-order valence-electron chi connectivity index (χ1n) is 9.58. The van der Waals surface area contributed by atoms with E-state index in [1.54, 1.807) is 23.2 Å². The van der Waals surface area contributed by atoms with E-state index < -0.39 is 4.92 Å². The van der Waals surface area contributed by atoms with E-state index in [0.717, 1.165) is 31.8 Å². The summed E-state index contributed by atoms with van der Waals surface area (Å²) in [5.41, 5.74) is 0.937. The summed E-state index contributed by atoms with van der Waals surface area (Å²) in [7, 11) is 1.90. The number of rotatable bonds is 4. The van der Waals surface area contributed by atoms with Gasteiger partial charge in [-0.05, 0) is 25.0 Å². The van der Waals surface area contributed by atoms with E-state index in [1.165, 1.54) is 6.07 Å². The van der Waals surface area contributed by atoms with Crippen LogP contribution in [0.15, 0.2) is 30.6 Å². The molecule has 1 amide bonds. The van der Waals surface area contributed by atoms with Gasteiger partial charge in [0.2, 0.25) is 0 Å². The molecule has 0 radical (unpaired) electrons. The molecule has 0 aliphatic carbocycles. The maximum absolute atomic E-state index is 13.2. The van der Waals surface area contributed by atoms with E-state index in [9.17, 15) is 14.9 Å². The molecule has 2 aliphatic heterocycles. The van der Waals surface area contributed by atoms with Crippen molar-refractivity contribution in [1.82, 2.24) is 19.8 Å². The molecule has 0 bridgehead atoms. The smallest absolute Gasteiger partial charge is 0.293 e. The lowest BCUT2D eigenvalue weighted by Crippen LogP contribution is -2.49. The molecule has 1 atom stereocenters. The van der Waals surface area contributed by atoms with Crippen LogP contribution in [0.2, 0.25) is 0 Å². The lowest BCUT2D eigenvalue weighted by Gasteiger charge is -2.35. The van der Waals surface area contributed by atoms with Gasteiger partial charge in [-0.1, -0.05) is 0 Å². The summed E-state index contributed by atoms with van der Waals surface area (Å²) < 4.78 is 1.90. The van der Waals surface area contributed by atoms with Gasteiger partial charge in [0.25, 0.3) is 11.6 Å². The zero-order valence-corrected chi connectivity index (χ0v) is 15.9. The fourth-order valence-electron chi connectivity index (χ4n) is 4.07. The topological polar surface area (TPSA) is 96.5 Å². The first-order chi connectivity index (χ1) is 13.6. The molecule has 3 heterocycles. The van der Waals surface area contributed by atoms with Gasteiger partial charge in [-0.3, -0.25) is 14.9 Å².